The number of aromatic nitrogens is 2. The molecule has 1 aromatic rings. The van der Waals surface area contributed by atoms with Crippen molar-refractivity contribution in [3.8, 4) is 0 Å². The molecule has 0 aromatic carbocycles. The lowest BCUT2D eigenvalue weighted by atomic mass is 10.3. The van der Waals surface area contributed by atoms with Gasteiger partial charge in [0.15, 0.2) is 0 Å². The average Bonchev–Trinajstić information content (AvgIpc) is 2.47. The number of hydrogen-bond acceptors (Lipinski definition) is 3. The number of nitrogens with one attached hydrogen (secondary N) is 1. The molecule has 0 spiro atoms. The van der Waals surface area contributed by atoms with Crippen LogP contribution in [0, 0.1) is 0 Å². The van der Waals surface area contributed by atoms with Crippen LogP contribution in [0.2, 0.25) is 0 Å². The maximum atomic E-state index is 11.2. The zero-order chi connectivity index (χ0) is 8.97. The number of hydrogen-bond donors (Lipinski definition) is 2. The van der Waals surface area contributed by atoms with E-state index in [0.717, 1.165) is 0 Å². The van der Waals surface area contributed by atoms with Crippen molar-refractivity contribution in [1.82, 2.24) is 15.1 Å². The molecule has 0 unspecified atom stereocenters. The first kappa shape index (κ1) is 8.73. The first-order valence-electron chi connectivity index (χ1n) is 3.71. The van der Waals surface area contributed by atoms with Gasteiger partial charge in [0.25, 0.3) is 5.91 Å². The van der Waals surface area contributed by atoms with E-state index in [4.69, 9.17) is 5.73 Å². The fourth-order valence-corrected chi connectivity index (χ4v) is 0.826. The second kappa shape index (κ2) is 3.87. The second-order valence-corrected chi connectivity index (χ2v) is 2.45. The van der Waals surface area contributed by atoms with Crippen LogP contribution >= 0.6 is 0 Å². The van der Waals surface area contributed by atoms with Crippen LogP contribution in [0.1, 0.15) is 10.4 Å². The van der Waals surface area contributed by atoms with Crippen molar-refractivity contribution in [2.45, 2.75) is 0 Å². The summed E-state index contributed by atoms with van der Waals surface area (Å²) >= 11 is 0. The molecule has 1 aromatic heterocycles. The lowest BCUT2D eigenvalue weighted by molar-refractivity contribution is 0.0954. The lowest BCUT2D eigenvalue weighted by Crippen LogP contribution is -2.28. The molecule has 1 heterocycles. The van der Waals surface area contributed by atoms with Gasteiger partial charge in [0, 0.05) is 26.3 Å². The van der Waals surface area contributed by atoms with Gasteiger partial charge in [-0.05, 0) is 0 Å². The van der Waals surface area contributed by atoms with Gasteiger partial charge in [-0.3, -0.25) is 9.48 Å². The molecule has 5 heteroatoms. The molecule has 0 saturated heterocycles. The van der Waals surface area contributed by atoms with Crippen LogP contribution in [0.4, 0.5) is 0 Å². The van der Waals surface area contributed by atoms with E-state index in [2.05, 4.69) is 10.4 Å². The molecular formula is C7H12N4O. The predicted molar refractivity (Wildman–Crippen MR) is 44.6 cm³/mol. The fraction of sp³-hybridized carbons (Fsp3) is 0.429. The van der Waals surface area contributed by atoms with Crippen molar-refractivity contribution in [3.63, 3.8) is 0 Å². The van der Waals surface area contributed by atoms with Crippen molar-refractivity contribution in [2.75, 3.05) is 13.1 Å². The normalized spacial score (nSPS) is 9.83. The summed E-state index contributed by atoms with van der Waals surface area (Å²) in [6, 6.07) is 0. The monoisotopic (exact) mass is 168 g/mol. The third-order valence-corrected chi connectivity index (χ3v) is 1.40. The van der Waals surface area contributed by atoms with E-state index < -0.39 is 0 Å². The van der Waals surface area contributed by atoms with Gasteiger partial charge < -0.3 is 11.1 Å². The van der Waals surface area contributed by atoms with Gasteiger partial charge in [0.05, 0.1) is 11.8 Å². The molecule has 0 atom stereocenters. The Bertz CT molecular complexity index is 268. The van der Waals surface area contributed by atoms with E-state index in [1.165, 1.54) is 6.20 Å². The minimum absolute atomic E-state index is 0.131. The highest BCUT2D eigenvalue weighted by atomic mass is 16.1. The van der Waals surface area contributed by atoms with Crippen LogP contribution in [0.15, 0.2) is 12.4 Å². The molecule has 5 nitrogen and oxygen atoms in total. The van der Waals surface area contributed by atoms with Crippen LogP contribution in [-0.2, 0) is 7.05 Å². The molecule has 66 valence electrons. The Kier molecular flexibility index (Phi) is 2.82. The summed E-state index contributed by atoms with van der Waals surface area (Å²) in [6.07, 6.45) is 3.18. The SMILES string of the molecule is Cn1cc(C(=O)NCCN)cn1. The van der Waals surface area contributed by atoms with Gasteiger partial charge in [0.1, 0.15) is 0 Å². The van der Waals surface area contributed by atoms with Gasteiger partial charge >= 0.3 is 0 Å². The molecule has 12 heavy (non-hydrogen) atoms. The minimum atomic E-state index is -0.131. The molecule has 3 N–H and O–H groups in total. The van der Waals surface area contributed by atoms with Gasteiger partial charge in [-0.15, -0.1) is 0 Å². The Morgan fingerprint density at radius 2 is 2.58 bits per heavy atom. The van der Waals surface area contributed by atoms with Crippen LogP contribution in [0.5, 0.6) is 0 Å². The number of nitrogens with zero attached hydrogens (tertiary/aromatic N) is 2. The topological polar surface area (TPSA) is 72.9 Å². The van der Waals surface area contributed by atoms with Crippen LogP contribution in [-0.4, -0.2) is 28.8 Å². The number of carbonyl (C=O) groups is 1. The Morgan fingerprint density at radius 1 is 1.83 bits per heavy atom. The van der Waals surface area contributed by atoms with Crippen molar-refractivity contribution < 1.29 is 4.79 Å². The van der Waals surface area contributed by atoms with E-state index in [0.29, 0.717) is 18.7 Å². The third kappa shape index (κ3) is 2.06. The zero-order valence-electron chi connectivity index (χ0n) is 6.95. The fourth-order valence-electron chi connectivity index (χ4n) is 0.826. The van der Waals surface area contributed by atoms with Gasteiger partial charge in [-0.1, -0.05) is 0 Å². The van der Waals surface area contributed by atoms with Crippen molar-refractivity contribution in [2.24, 2.45) is 12.8 Å². The van der Waals surface area contributed by atoms with E-state index in [-0.39, 0.29) is 5.91 Å². The molecular weight excluding hydrogens is 156 g/mol. The molecule has 1 rings (SSSR count). The second-order valence-electron chi connectivity index (χ2n) is 2.45. The van der Waals surface area contributed by atoms with Crippen molar-refractivity contribution in [3.05, 3.63) is 18.0 Å². The highest BCUT2D eigenvalue weighted by molar-refractivity contribution is 5.93. The van der Waals surface area contributed by atoms with Crippen LogP contribution in [0.3, 0.4) is 0 Å². The average molecular weight is 168 g/mol. The van der Waals surface area contributed by atoms with Crippen molar-refractivity contribution >= 4 is 5.91 Å². The highest BCUT2D eigenvalue weighted by Crippen LogP contribution is 1.94. The summed E-state index contributed by atoms with van der Waals surface area (Å²) in [5.41, 5.74) is 5.79. The van der Waals surface area contributed by atoms with Gasteiger partial charge in [-0.2, -0.15) is 5.10 Å². The van der Waals surface area contributed by atoms with Crippen molar-refractivity contribution in [1.29, 1.82) is 0 Å². The Balaban J connectivity index is 2.53. The predicted octanol–water partition coefficient (Wildman–Crippen LogP) is -0.891. The molecule has 0 aliphatic carbocycles. The van der Waals surface area contributed by atoms with E-state index in [9.17, 15) is 4.79 Å². The molecule has 0 saturated carbocycles. The highest BCUT2D eigenvalue weighted by Gasteiger charge is 2.05. The lowest BCUT2D eigenvalue weighted by Gasteiger charge is -1.98. The molecule has 0 aliphatic rings. The first-order chi connectivity index (χ1) is 5.74. The van der Waals surface area contributed by atoms with Gasteiger partial charge in [-0.25, -0.2) is 0 Å². The maximum Gasteiger partial charge on any atom is 0.254 e. The maximum absolute atomic E-state index is 11.2. The Morgan fingerprint density at radius 3 is 3.08 bits per heavy atom. The molecule has 0 radical (unpaired) electrons. The molecule has 0 aliphatic heterocycles. The molecule has 0 bridgehead atoms. The number of nitrogens with two attached hydrogens (primary N) is 1. The standard InChI is InChI=1S/C7H12N4O/c1-11-5-6(4-10-11)7(12)9-3-2-8/h4-5H,2-3,8H2,1H3,(H,9,12). The summed E-state index contributed by atoms with van der Waals surface area (Å²) in [7, 11) is 1.76. The summed E-state index contributed by atoms with van der Waals surface area (Å²) in [5.74, 6) is -0.131. The van der Waals surface area contributed by atoms with Crippen LogP contribution < -0.4 is 11.1 Å². The van der Waals surface area contributed by atoms with Gasteiger partial charge in [0.2, 0.25) is 0 Å². The summed E-state index contributed by atoms with van der Waals surface area (Å²) in [6.45, 7) is 0.944. The number of rotatable bonds is 3. The smallest absolute Gasteiger partial charge is 0.254 e. The first-order valence-corrected chi connectivity index (χ1v) is 3.71. The number of amides is 1. The minimum Gasteiger partial charge on any atom is -0.351 e. The largest absolute Gasteiger partial charge is 0.351 e. The van der Waals surface area contributed by atoms with Crippen LogP contribution in [0.25, 0.3) is 0 Å². The quantitative estimate of drug-likeness (QED) is 0.615. The Hall–Kier alpha value is -1.36. The Labute approximate surface area is 70.5 Å². The number of aryl methyl sites for hydroxylation is 1. The summed E-state index contributed by atoms with van der Waals surface area (Å²) in [5, 5.41) is 6.52. The summed E-state index contributed by atoms with van der Waals surface area (Å²) in [4.78, 5) is 11.2. The zero-order valence-corrected chi connectivity index (χ0v) is 6.95. The van der Waals surface area contributed by atoms with E-state index in [1.807, 2.05) is 0 Å². The number of carbonyl (C=O) groups excluding carboxylic acids is 1. The van der Waals surface area contributed by atoms with E-state index in [1.54, 1.807) is 17.9 Å². The third-order valence-electron chi connectivity index (χ3n) is 1.40. The molecule has 0 fully saturated rings. The van der Waals surface area contributed by atoms with E-state index >= 15 is 0 Å². The summed E-state index contributed by atoms with van der Waals surface area (Å²) < 4.78 is 1.58. The molecule has 1 amide bonds.